The fourth-order valence-corrected chi connectivity index (χ4v) is 2.47. The largest absolute Gasteiger partial charge is 0.491 e. The average molecular weight is 456 g/mol. The molecule has 1 aromatic carbocycles. The Labute approximate surface area is 168 Å². The Morgan fingerprint density at radius 3 is 2.64 bits per heavy atom. The molecule has 0 aliphatic heterocycles. The number of aryl methyl sites for hydroxylation is 2. The molecule has 0 spiro atoms. The van der Waals surface area contributed by atoms with E-state index in [0.29, 0.717) is 13.2 Å². The van der Waals surface area contributed by atoms with Crippen molar-refractivity contribution in [1.29, 1.82) is 0 Å². The second-order valence-corrected chi connectivity index (χ2v) is 5.82. The fraction of sp³-hybridized carbons (Fsp3) is 0.421. The van der Waals surface area contributed by atoms with Gasteiger partial charge in [0.15, 0.2) is 5.96 Å². The van der Waals surface area contributed by atoms with Gasteiger partial charge in [-0.05, 0) is 37.6 Å². The van der Waals surface area contributed by atoms with Crippen LogP contribution in [0, 0.1) is 6.92 Å². The maximum absolute atomic E-state index is 5.81. The van der Waals surface area contributed by atoms with Crippen molar-refractivity contribution < 1.29 is 4.74 Å². The SMILES string of the molecule is CCNC(=NCCOc1ccccc1C)N(C)Cc1cccn1C.I. The lowest BCUT2D eigenvalue weighted by Crippen LogP contribution is -2.39. The van der Waals surface area contributed by atoms with Gasteiger partial charge in [0, 0.05) is 32.5 Å². The van der Waals surface area contributed by atoms with Gasteiger partial charge in [-0.1, -0.05) is 18.2 Å². The minimum atomic E-state index is 0. The van der Waals surface area contributed by atoms with Crippen LogP contribution in [0.1, 0.15) is 18.2 Å². The fourth-order valence-electron chi connectivity index (χ4n) is 2.47. The molecule has 2 aromatic rings. The summed E-state index contributed by atoms with van der Waals surface area (Å²) in [7, 11) is 4.11. The number of para-hydroxylation sites is 1. The van der Waals surface area contributed by atoms with Crippen molar-refractivity contribution >= 4 is 29.9 Å². The van der Waals surface area contributed by atoms with Gasteiger partial charge < -0.3 is 19.5 Å². The second kappa shape index (κ2) is 11.0. The number of halogens is 1. The summed E-state index contributed by atoms with van der Waals surface area (Å²) < 4.78 is 7.94. The molecule has 0 atom stereocenters. The van der Waals surface area contributed by atoms with Crippen LogP contribution in [0.3, 0.4) is 0 Å². The number of nitrogens with zero attached hydrogens (tertiary/aromatic N) is 3. The Morgan fingerprint density at radius 2 is 2.00 bits per heavy atom. The van der Waals surface area contributed by atoms with Crippen LogP contribution in [-0.2, 0) is 13.6 Å². The van der Waals surface area contributed by atoms with Gasteiger partial charge in [-0.25, -0.2) is 4.99 Å². The lowest BCUT2D eigenvalue weighted by molar-refractivity contribution is 0.325. The van der Waals surface area contributed by atoms with E-state index in [4.69, 9.17) is 4.74 Å². The van der Waals surface area contributed by atoms with E-state index in [1.54, 1.807) is 0 Å². The lowest BCUT2D eigenvalue weighted by Gasteiger charge is -2.22. The molecule has 2 rings (SSSR count). The Morgan fingerprint density at radius 1 is 1.24 bits per heavy atom. The monoisotopic (exact) mass is 456 g/mol. The first-order chi connectivity index (χ1) is 11.6. The zero-order valence-electron chi connectivity index (χ0n) is 15.5. The van der Waals surface area contributed by atoms with E-state index in [2.05, 4.69) is 72.1 Å². The topological polar surface area (TPSA) is 41.8 Å². The standard InChI is InChI=1S/C19H28N4O.HI/c1-5-20-19(23(4)15-17-10-8-13-22(17)3)21-12-14-24-18-11-7-6-9-16(18)2;/h6-11,13H,5,12,14-15H2,1-4H3,(H,20,21);1H. The quantitative estimate of drug-likeness (QED) is 0.301. The number of guanidine groups is 1. The third-order valence-corrected chi connectivity index (χ3v) is 3.85. The van der Waals surface area contributed by atoms with E-state index in [1.165, 1.54) is 5.69 Å². The van der Waals surface area contributed by atoms with Gasteiger partial charge in [0.05, 0.1) is 13.1 Å². The maximum Gasteiger partial charge on any atom is 0.194 e. The molecule has 25 heavy (non-hydrogen) atoms. The van der Waals surface area contributed by atoms with Gasteiger partial charge in [-0.15, -0.1) is 24.0 Å². The van der Waals surface area contributed by atoms with Crippen molar-refractivity contribution in [3.63, 3.8) is 0 Å². The molecule has 138 valence electrons. The van der Waals surface area contributed by atoms with E-state index < -0.39 is 0 Å². The highest BCUT2D eigenvalue weighted by Gasteiger charge is 2.08. The molecule has 6 heteroatoms. The van der Waals surface area contributed by atoms with E-state index in [-0.39, 0.29) is 24.0 Å². The van der Waals surface area contributed by atoms with Crippen LogP contribution in [-0.4, -0.2) is 42.2 Å². The molecule has 0 fully saturated rings. The molecule has 1 N–H and O–H groups in total. The maximum atomic E-state index is 5.81. The van der Waals surface area contributed by atoms with Gasteiger partial charge in [-0.3, -0.25) is 0 Å². The van der Waals surface area contributed by atoms with Gasteiger partial charge in [0.25, 0.3) is 0 Å². The number of rotatable bonds is 7. The molecule has 0 aliphatic carbocycles. The van der Waals surface area contributed by atoms with Crippen molar-refractivity contribution in [1.82, 2.24) is 14.8 Å². The molecular weight excluding hydrogens is 427 g/mol. The Hall–Kier alpha value is -1.70. The van der Waals surface area contributed by atoms with Crippen LogP contribution < -0.4 is 10.1 Å². The summed E-state index contributed by atoms with van der Waals surface area (Å²) >= 11 is 0. The second-order valence-electron chi connectivity index (χ2n) is 5.82. The zero-order valence-corrected chi connectivity index (χ0v) is 17.9. The highest BCUT2D eigenvalue weighted by molar-refractivity contribution is 14.0. The van der Waals surface area contributed by atoms with E-state index in [1.807, 2.05) is 18.2 Å². The number of aromatic nitrogens is 1. The number of aliphatic imine (C=N–C) groups is 1. The van der Waals surface area contributed by atoms with Crippen molar-refractivity contribution in [3.8, 4) is 5.75 Å². The predicted molar refractivity (Wildman–Crippen MR) is 115 cm³/mol. The molecule has 0 saturated carbocycles. The first-order valence-electron chi connectivity index (χ1n) is 8.40. The van der Waals surface area contributed by atoms with Gasteiger partial charge in [0.2, 0.25) is 0 Å². The van der Waals surface area contributed by atoms with Crippen molar-refractivity contribution in [2.75, 3.05) is 26.7 Å². The summed E-state index contributed by atoms with van der Waals surface area (Å²) in [6.07, 6.45) is 2.06. The van der Waals surface area contributed by atoms with Gasteiger partial charge >= 0.3 is 0 Å². The Kier molecular flexibility index (Phi) is 9.41. The molecule has 0 amide bonds. The molecule has 0 unspecified atom stereocenters. The summed E-state index contributed by atoms with van der Waals surface area (Å²) in [6.45, 7) is 6.97. The number of hydrogen-bond acceptors (Lipinski definition) is 2. The Bertz CT molecular complexity index is 669. The summed E-state index contributed by atoms with van der Waals surface area (Å²) in [5.41, 5.74) is 2.40. The van der Waals surface area contributed by atoms with E-state index in [9.17, 15) is 0 Å². The minimum absolute atomic E-state index is 0. The van der Waals surface area contributed by atoms with Gasteiger partial charge in [0.1, 0.15) is 12.4 Å². The third kappa shape index (κ3) is 6.61. The molecule has 1 heterocycles. The Balaban J connectivity index is 0.00000312. The van der Waals surface area contributed by atoms with Crippen LogP contribution in [0.2, 0.25) is 0 Å². The molecule has 1 aromatic heterocycles. The molecule has 0 aliphatic rings. The molecule has 0 saturated heterocycles. The smallest absolute Gasteiger partial charge is 0.194 e. The highest BCUT2D eigenvalue weighted by Crippen LogP contribution is 2.15. The van der Waals surface area contributed by atoms with Crippen LogP contribution >= 0.6 is 24.0 Å². The summed E-state index contributed by atoms with van der Waals surface area (Å²) in [5, 5.41) is 3.34. The normalized spacial score (nSPS) is 11.0. The van der Waals surface area contributed by atoms with Crippen molar-refractivity contribution in [2.24, 2.45) is 12.0 Å². The summed E-state index contributed by atoms with van der Waals surface area (Å²) in [6, 6.07) is 12.2. The van der Waals surface area contributed by atoms with E-state index in [0.717, 1.165) is 30.4 Å². The minimum Gasteiger partial charge on any atom is -0.491 e. The zero-order chi connectivity index (χ0) is 17.4. The lowest BCUT2D eigenvalue weighted by atomic mass is 10.2. The van der Waals surface area contributed by atoms with E-state index >= 15 is 0 Å². The first kappa shape index (κ1) is 21.3. The van der Waals surface area contributed by atoms with Crippen molar-refractivity contribution in [2.45, 2.75) is 20.4 Å². The van der Waals surface area contributed by atoms with Crippen LogP contribution in [0.25, 0.3) is 0 Å². The number of ether oxygens (including phenoxy) is 1. The van der Waals surface area contributed by atoms with Crippen molar-refractivity contribution in [3.05, 3.63) is 53.9 Å². The highest BCUT2D eigenvalue weighted by atomic mass is 127. The number of hydrogen-bond donors (Lipinski definition) is 1. The summed E-state index contributed by atoms with van der Waals surface area (Å²) in [5.74, 6) is 1.82. The van der Waals surface area contributed by atoms with Crippen LogP contribution in [0.4, 0.5) is 0 Å². The summed E-state index contributed by atoms with van der Waals surface area (Å²) in [4.78, 5) is 6.80. The molecule has 0 radical (unpaired) electrons. The first-order valence-corrected chi connectivity index (χ1v) is 8.40. The van der Waals surface area contributed by atoms with Crippen LogP contribution in [0.15, 0.2) is 47.6 Å². The predicted octanol–water partition coefficient (Wildman–Crippen LogP) is 3.43. The van der Waals surface area contributed by atoms with Gasteiger partial charge in [-0.2, -0.15) is 0 Å². The average Bonchev–Trinajstić information content (AvgIpc) is 2.97. The number of benzene rings is 1. The van der Waals surface area contributed by atoms with Crippen LogP contribution in [0.5, 0.6) is 5.75 Å². The molecule has 0 bridgehead atoms. The molecular formula is C19H29IN4O. The number of nitrogens with one attached hydrogen (secondary N) is 1. The third-order valence-electron chi connectivity index (χ3n) is 3.85. The molecule has 5 nitrogen and oxygen atoms in total.